The van der Waals surface area contributed by atoms with Crippen molar-refractivity contribution in [2.45, 2.75) is 135 Å². The van der Waals surface area contributed by atoms with Crippen molar-refractivity contribution >= 4 is 29.6 Å². The lowest BCUT2D eigenvalue weighted by molar-refractivity contribution is -0.139. The van der Waals surface area contributed by atoms with Crippen LogP contribution in [0.15, 0.2) is 30.3 Å². The first-order chi connectivity index (χ1) is 27.1. The second-order valence-electron chi connectivity index (χ2n) is 16.0. The summed E-state index contributed by atoms with van der Waals surface area (Å²) in [5.74, 6) is 0.00231. The van der Waals surface area contributed by atoms with Gasteiger partial charge in [0.05, 0.1) is 30.3 Å². The van der Waals surface area contributed by atoms with Crippen LogP contribution in [-0.2, 0) is 30.3 Å². The van der Waals surface area contributed by atoms with E-state index >= 15 is 0 Å². The molecule has 2 aliphatic rings. The number of amides is 3. The first-order valence-electron chi connectivity index (χ1n) is 20.9. The smallest absolute Gasteiger partial charge is 0.243 e. The molecule has 0 spiro atoms. The van der Waals surface area contributed by atoms with E-state index in [1.54, 1.807) is 7.11 Å². The molecule has 1 aromatic heterocycles. The number of ether oxygens (including phenoxy) is 2. The Morgan fingerprint density at radius 3 is 2.39 bits per heavy atom. The number of piperidine rings is 1. The van der Waals surface area contributed by atoms with Crippen LogP contribution in [0.3, 0.4) is 0 Å². The number of nitrogen functional groups attached to an aromatic ring is 1. The molecule has 5 unspecified atom stereocenters. The second kappa shape index (κ2) is 24.1. The molecule has 314 valence electrons. The van der Waals surface area contributed by atoms with Gasteiger partial charge in [-0.05, 0) is 55.9 Å². The third kappa shape index (κ3) is 14.9. The van der Waals surface area contributed by atoms with Gasteiger partial charge in [0.2, 0.25) is 29.6 Å². The van der Waals surface area contributed by atoms with E-state index in [0.29, 0.717) is 57.3 Å². The first kappa shape index (κ1) is 44.9. The van der Waals surface area contributed by atoms with Crippen molar-refractivity contribution in [3.8, 4) is 0 Å². The largest absolute Gasteiger partial charge is 0.391 e. The third-order valence-corrected chi connectivity index (χ3v) is 11.3. The fourth-order valence-electron chi connectivity index (χ4n) is 7.96. The second-order valence-corrected chi connectivity index (χ2v) is 16.0. The van der Waals surface area contributed by atoms with Crippen molar-refractivity contribution in [2.75, 3.05) is 51.1 Å². The molecule has 15 nitrogen and oxygen atoms in total. The summed E-state index contributed by atoms with van der Waals surface area (Å²) in [7, 11) is 1.60. The van der Waals surface area contributed by atoms with E-state index in [1.165, 1.54) is 6.42 Å². The van der Waals surface area contributed by atoms with E-state index in [4.69, 9.17) is 15.2 Å². The summed E-state index contributed by atoms with van der Waals surface area (Å²) in [4.78, 5) is 48.0. The highest BCUT2D eigenvalue weighted by Gasteiger charge is 2.35. The highest BCUT2D eigenvalue weighted by Crippen LogP contribution is 2.30. The minimum atomic E-state index is -0.941. The van der Waals surface area contributed by atoms with Crippen LogP contribution < -0.4 is 27.0 Å². The number of carbonyl (C=O) groups excluding carboxylic acids is 3. The number of aliphatic hydroxyl groups excluding tert-OH is 1. The lowest BCUT2D eigenvalue weighted by Gasteiger charge is -2.36. The predicted octanol–water partition coefficient (Wildman–Crippen LogP) is 3.76. The highest BCUT2D eigenvalue weighted by molar-refractivity contribution is 5.86. The number of anilines is 2. The van der Waals surface area contributed by atoms with Gasteiger partial charge >= 0.3 is 0 Å². The summed E-state index contributed by atoms with van der Waals surface area (Å²) in [6.45, 7) is 8.14. The molecule has 15 heteroatoms. The number of benzene rings is 1. The van der Waals surface area contributed by atoms with Gasteiger partial charge in [-0.2, -0.15) is 4.98 Å². The Morgan fingerprint density at radius 2 is 1.75 bits per heavy atom. The molecular weight excluding hydrogens is 715 g/mol. The van der Waals surface area contributed by atoms with Crippen molar-refractivity contribution in [1.29, 1.82) is 0 Å². The number of hydrogen-bond donors (Lipinski definition) is 7. The summed E-state index contributed by atoms with van der Waals surface area (Å²) < 4.78 is 10.9. The molecule has 1 saturated carbocycles. The van der Waals surface area contributed by atoms with Gasteiger partial charge in [0.15, 0.2) is 0 Å². The van der Waals surface area contributed by atoms with Crippen molar-refractivity contribution in [3.63, 3.8) is 0 Å². The molecule has 2 heterocycles. The molecule has 8 N–H and O–H groups in total. The SMILES string of the molecule is CCCCC(NC(Cc1ccccc1)C(=O)N1CCC(OCOC)CC1)C(=O)NC(CC1CCCCC1)C(O)CC(C(=O)NCCNc1n[nH]c(N)n1)C(C)C. The summed E-state index contributed by atoms with van der Waals surface area (Å²) in [5, 5.41) is 31.2. The summed E-state index contributed by atoms with van der Waals surface area (Å²) in [6.07, 6.45) is 9.61. The topological polar surface area (TPSA) is 209 Å². The van der Waals surface area contributed by atoms with Gasteiger partial charge in [0.25, 0.3) is 0 Å². The number of nitrogens with two attached hydrogens (primary N) is 1. The van der Waals surface area contributed by atoms with E-state index in [-0.39, 0.29) is 48.9 Å². The van der Waals surface area contributed by atoms with Gasteiger partial charge in [-0.15, -0.1) is 5.10 Å². The van der Waals surface area contributed by atoms with Crippen LogP contribution in [0.5, 0.6) is 0 Å². The van der Waals surface area contributed by atoms with Crippen molar-refractivity contribution in [3.05, 3.63) is 35.9 Å². The Morgan fingerprint density at radius 1 is 1.02 bits per heavy atom. The molecular formula is C41H69N9O6. The van der Waals surface area contributed by atoms with Gasteiger partial charge in [-0.3, -0.25) is 19.7 Å². The van der Waals surface area contributed by atoms with Gasteiger partial charge in [0, 0.05) is 39.2 Å². The van der Waals surface area contributed by atoms with Crippen LogP contribution in [0.1, 0.15) is 103 Å². The number of aromatic nitrogens is 3. The number of nitrogens with zero attached hydrogens (tertiary/aromatic N) is 3. The molecule has 5 atom stereocenters. The van der Waals surface area contributed by atoms with Gasteiger partial charge in [0.1, 0.15) is 6.79 Å². The molecule has 1 saturated heterocycles. The maximum Gasteiger partial charge on any atom is 0.243 e. The first-order valence-corrected chi connectivity index (χ1v) is 20.9. The van der Waals surface area contributed by atoms with Crippen LogP contribution in [0.4, 0.5) is 11.9 Å². The normalized spacial score (nSPS) is 18.2. The summed E-state index contributed by atoms with van der Waals surface area (Å²) >= 11 is 0. The van der Waals surface area contributed by atoms with Gasteiger partial charge in [-0.25, -0.2) is 5.10 Å². The fourth-order valence-corrected chi connectivity index (χ4v) is 7.96. The lowest BCUT2D eigenvalue weighted by Crippen LogP contribution is -2.58. The van der Waals surface area contributed by atoms with E-state index in [0.717, 1.165) is 56.9 Å². The Hall–Kier alpha value is -3.79. The zero-order valence-electron chi connectivity index (χ0n) is 34.1. The number of rotatable bonds is 24. The molecule has 2 fully saturated rings. The van der Waals surface area contributed by atoms with E-state index in [9.17, 15) is 19.5 Å². The number of H-pyrrole nitrogens is 1. The molecule has 0 radical (unpaired) electrons. The number of aromatic amines is 1. The Kier molecular flexibility index (Phi) is 19.3. The molecule has 0 bridgehead atoms. The number of unbranched alkanes of at least 4 members (excludes halogenated alkanes) is 1. The average Bonchev–Trinajstić information content (AvgIpc) is 3.63. The van der Waals surface area contributed by atoms with E-state index < -0.39 is 30.1 Å². The van der Waals surface area contributed by atoms with Gasteiger partial charge < -0.3 is 41.2 Å². The van der Waals surface area contributed by atoms with Crippen molar-refractivity contribution < 1.29 is 29.0 Å². The summed E-state index contributed by atoms with van der Waals surface area (Å²) in [5.41, 5.74) is 6.60. The zero-order valence-corrected chi connectivity index (χ0v) is 34.1. The number of hydrogen-bond acceptors (Lipinski definition) is 11. The number of likely N-dealkylation sites (tertiary alicyclic amines) is 1. The van der Waals surface area contributed by atoms with Crippen LogP contribution in [0, 0.1) is 17.8 Å². The van der Waals surface area contributed by atoms with Crippen LogP contribution in [-0.4, -0.2) is 113 Å². The highest BCUT2D eigenvalue weighted by atomic mass is 16.7. The monoisotopic (exact) mass is 784 g/mol. The quantitative estimate of drug-likeness (QED) is 0.0603. The Balaban J connectivity index is 1.47. The minimum absolute atomic E-state index is 0.0297. The van der Waals surface area contributed by atoms with E-state index in [2.05, 4.69) is 43.4 Å². The molecule has 3 amide bonds. The maximum absolute atomic E-state index is 14.4. The lowest BCUT2D eigenvalue weighted by atomic mass is 9.81. The molecule has 1 aliphatic heterocycles. The predicted molar refractivity (Wildman–Crippen MR) is 217 cm³/mol. The fraction of sp³-hybridized carbons (Fsp3) is 0.732. The van der Waals surface area contributed by atoms with Crippen LogP contribution in [0.25, 0.3) is 0 Å². The van der Waals surface area contributed by atoms with E-state index in [1.807, 2.05) is 49.1 Å². The van der Waals surface area contributed by atoms with Crippen LogP contribution >= 0.6 is 0 Å². The Bertz CT molecular complexity index is 1430. The van der Waals surface area contributed by atoms with Crippen molar-refractivity contribution in [1.82, 2.24) is 36.0 Å². The number of aliphatic hydroxyl groups is 1. The van der Waals surface area contributed by atoms with Crippen molar-refractivity contribution in [2.24, 2.45) is 17.8 Å². The summed E-state index contributed by atoms with van der Waals surface area (Å²) in [6, 6.07) is 8.09. The van der Waals surface area contributed by atoms with Gasteiger partial charge in [-0.1, -0.05) is 96.0 Å². The standard InChI is InChI=1S/C41H69N9O6/c1-5-6-17-33(45-35(25-30-15-11-8-12-16-30)39(54)50-22-18-31(19-23-50)56-27-55-4)38(53)46-34(24-29-13-9-7-10-14-29)36(51)26-32(28(2)3)37(52)43-20-21-44-41-47-40(42)48-49-41/h8,11-12,15-16,28-29,31-36,45,51H,5-7,9-10,13-14,17-27H2,1-4H3,(H,43,52)(H,46,53)(H4,42,44,47,48,49). The zero-order chi connectivity index (χ0) is 40.3. The number of nitrogens with one attached hydrogen (secondary N) is 5. The molecule has 4 rings (SSSR count). The van der Waals surface area contributed by atoms with Crippen LogP contribution in [0.2, 0.25) is 0 Å². The maximum atomic E-state index is 14.4. The average molecular weight is 784 g/mol. The number of methoxy groups -OCH3 is 1. The third-order valence-electron chi connectivity index (χ3n) is 11.3. The molecule has 1 aromatic carbocycles. The minimum Gasteiger partial charge on any atom is -0.391 e. The molecule has 56 heavy (non-hydrogen) atoms. The molecule has 2 aromatic rings. The Labute approximate surface area is 333 Å². The molecule has 1 aliphatic carbocycles. The number of carbonyl (C=O) groups is 3.